The summed E-state index contributed by atoms with van der Waals surface area (Å²) in [6, 6.07) is 0. The summed E-state index contributed by atoms with van der Waals surface area (Å²) in [4.78, 5) is 0. The zero-order valence-electron chi connectivity index (χ0n) is 7.68. The molecule has 2 saturated carbocycles. The molecule has 2 rings (SSSR count). The summed E-state index contributed by atoms with van der Waals surface area (Å²) in [5, 5.41) is 0. The van der Waals surface area contributed by atoms with Crippen molar-refractivity contribution in [3.63, 3.8) is 0 Å². The third-order valence-electron chi connectivity index (χ3n) is 3.83. The van der Waals surface area contributed by atoms with E-state index in [9.17, 15) is 0 Å². The van der Waals surface area contributed by atoms with E-state index in [1.807, 2.05) is 0 Å². The molecule has 2 aliphatic rings. The Morgan fingerprint density at radius 3 is 2.64 bits per heavy atom. The Bertz CT molecular complexity index is 128. The summed E-state index contributed by atoms with van der Waals surface area (Å²) in [6.45, 7) is 2.47. The van der Waals surface area contributed by atoms with Gasteiger partial charge < -0.3 is 0 Å². The van der Waals surface area contributed by atoms with Gasteiger partial charge in [0.15, 0.2) is 0 Å². The molecule has 0 radical (unpaired) electrons. The lowest BCUT2D eigenvalue weighted by Gasteiger charge is -2.16. The molecule has 0 aliphatic heterocycles. The fourth-order valence-electron chi connectivity index (χ4n) is 3.13. The maximum atomic E-state index is 2.47. The lowest BCUT2D eigenvalue weighted by Crippen LogP contribution is -2.04. The average Bonchev–Trinajstić information content (AvgIpc) is 2.27. The second-order valence-electron chi connectivity index (χ2n) is 4.71. The lowest BCUT2D eigenvalue weighted by atomic mass is 9.90. The van der Waals surface area contributed by atoms with Gasteiger partial charge in [0, 0.05) is 0 Å². The summed E-state index contributed by atoms with van der Waals surface area (Å²) in [6.07, 6.45) is 10.7. The highest BCUT2D eigenvalue weighted by molar-refractivity contribution is 4.82. The summed E-state index contributed by atoms with van der Waals surface area (Å²) in [5.74, 6) is 3.29. The van der Waals surface area contributed by atoms with Crippen molar-refractivity contribution >= 4 is 0 Å². The highest BCUT2D eigenvalue weighted by Gasteiger charge is 2.31. The van der Waals surface area contributed by atoms with E-state index in [1.165, 1.54) is 25.7 Å². The molecule has 2 unspecified atom stereocenters. The van der Waals surface area contributed by atoms with Crippen LogP contribution in [0.3, 0.4) is 0 Å². The van der Waals surface area contributed by atoms with E-state index in [0.717, 1.165) is 17.8 Å². The van der Waals surface area contributed by atoms with Gasteiger partial charge in [0.1, 0.15) is 0 Å². The molecule has 0 aromatic rings. The van der Waals surface area contributed by atoms with Crippen LogP contribution in [0.2, 0.25) is 0 Å². The first-order valence-corrected chi connectivity index (χ1v) is 5.36. The lowest BCUT2D eigenvalue weighted by molar-refractivity contribution is 0.356. The van der Waals surface area contributed by atoms with Crippen LogP contribution in [-0.2, 0) is 0 Å². The summed E-state index contributed by atoms with van der Waals surface area (Å²) in [5.41, 5.74) is 0. The molecule has 11 heavy (non-hydrogen) atoms. The summed E-state index contributed by atoms with van der Waals surface area (Å²) in [7, 11) is 0. The SMILES string of the molecule is C[C@@H]1CC2CCCCCC1C2. The van der Waals surface area contributed by atoms with Gasteiger partial charge in [-0.05, 0) is 30.6 Å². The molecule has 0 nitrogen and oxygen atoms in total. The van der Waals surface area contributed by atoms with Crippen molar-refractivity contribution in [2.45, 2.75) is 51.9 Å². The van der Waals surface area contributed by atoms with Crippen molar-refractivity contribution in [3.05, 3.63) is 0 Å². The molecular formula is C11H20. The predicted molar refractivity (Wildman–Crippen MR) is 48.5 cm³/mol. The Morgan fingerprint density at radius 1 is 0.909 bits per heavy atom. The normalized spacial score (nSPS) is 45.0. The van der Waals surface area contributed by atoms with Crippen molar-refractivity contribution in [2.75, 3.05) is 0 Å². The van der Waals surface area contributed by atoms with Gasteiger partial charge in [-0.25, -0.2) is 0 Å². The van der Waals surface area contributed by atoms with Crippen LogP contribution >= 0.6 is 0 Å². The largest absolute Gasteiger partial charge is 0.0622 e. The van der Waals surface area contributed by atoms with E-state index in [-0.39, 0.29) is 0 Å². The minimum atomic E-state index is 1.05. The van der Waals surface area contributed by atoms with Crippen LogP contribution in [0.15, 0.2) is 0 Å². The summed E-state index contributed by atoms with van der Waals surface area (Å²) < 4.78 is 0. The van der Waals surface area contributed by atoms with Crippen LogP contribution in [0.1, 0.15) is 51.9 Å². The fraction of sp³-hybridized carbons (Fsp3) is 1.00. The Labute approximate surface area is 70.4 Å². The van der Waals surface area contributed by atoms with Crippen LogP contribution in [0.4, 0.5) is 0 Å². The quantitative estimate of drug-likeness (QED) is 0.497. The van der Waals surface area contributed by atoms with Gasteiger partial charge >= 0.3 is 0 Å². The smallest absolute Gasteiger partial charge is 0.0386 e. The van der Waals surface area contributed by atoms with E-state index in [0.29, 0.717) is 0 Å². The van der Waals surface area contributed by atoms with Gasteiger partial charge in [0.2, 0.25) is 0 Å². The minimum absolute atomic E-state index is 1.05. The number of hydrogen-bond donors (Lipinski definition) is 0. The van der Waals surface area contributed by atoms with E-state index in [1.54, 1.807) is 19.3 Å². The van der Waals surface area contributed by atoms with Crippen molar-refractivity contribution in [2.24, 2.45) is 17.8 Å². The van der Waals surface area contributed by atoms with Gasteiger partial charge in [-0.1, -0.05) is 39.0 Å². The minimum Gasteiger partial charge on any atom is -0.0622 e. The van der Waals surface area contributed by atoms with Gasteiger partial charge in [0.05, 0.1) is 0 Å². The van der Waals surface area contributed by atoms with Crippen molar-refractivity contribution in [3.8, 4) is 0 Å². The number of fused-ring (bicyclic) bond motifs is 2. The van der Waals surface area contributed by atoms with Crippen molar-refractivity contribution < 1.29 is 0 Å². The van der Waals surface area contributed by atoms with E-state index >= 15 is 0 Å². The Morgan fingerprint density at radius 2 is 1.73 bits per heavy atom. The van der Waals surface area contributed by atoms with Gasteiger partial charge in [0.25, 0.3) is 0 Å². The summed E-state index contributed by atoms with van der Waals surface area (Å²) >= 11 is 0. The molecule has 3 atom stereocenters. The third kappa shape index (κ3) is 1.60. The topological polar surface area (TPSA) is 0 Å². The molecule has 0 heteroatoms. The molecular weight excluding hydrogens is 132 g/mol. The molecule has 0 amide bonds. The molecule has 0 aromatic carbocycles. The second-order valence-corrected chi connectivity index (χ2v) is 4.71. The van der Waals surface area contributed by atoms with Crippen LogP contribution in [-0.4, -0.2) is 0 Å². The number of rotatable bonds is 0. The molecule has 0 aromatic heterocycles. The van der Waals surface area contributed by atoms with Crippen molar-refractivity contribution in [1.29, 1.82) is 0 Å². The highest BCUT2D eigenvalue weighted by atomic mass is 14.4. The first-order chi connectivity index (χ1) is 5.36. The predicted octanol–water partition coefficient (Wildman–Crippen LogP) is 3.61. The van der Waals surface area contributed by atoms with Crippen LogP contribution in [0.25, 0.3) is 0 Å². The maximum Gasteiger partial charge on any atom is -0.0386 e. The van der Waals surface area contributed by atoms with E-state index in [4.69, 9.17) is 0 Å². The molecule has 0 N–H and O–H groups in total. The molecule has 0 spiro atoms. The Kier molecular flexibility index (Phi) is 2.20. The first-order valence-electron chi connectivity index (χ1n) is 5.36. The highest BCUT2D eigenvalue weighted by Crippen LogP contribution is 2.42. The van der Waals surface area contributed by atoms with E-state index < -0.39 is 0 Å². The third-order valence-corrected chi connectivity index (χ3v) is 3.83. The molecule has 2 fully saturated rings. The monoisotopic (exact) mass is 152 g/mol. The number of hydrogen-bond acceptors (Lipinski definition) is 0. The molecule has 2 aliphatic carbocycles. The fourth-order valence-corrected chi connectivity index (χ4v) is 3.13. The molecule has 2 bridgehead atoms. The van der Waals surface area contributed by atoms with Gasteiger partial charge in [-0.3, -0.25) is 0 Å². The second kappa shape index (κ2) is 3.16. The zero-order chi connectivity index (χ0) is 7.68. The molecule has 64 valence electrons. The van der Waals surface area contributed by atoms with Crippen LogP contribution in [0.5, 0.6) is 0 Å². The molecule has 0 heterocycles. The average molecular weight is 152 g/mol. The van der Waals surface area contributed by atoms with Crippen LogP contribution < -0.4 is 0 Å². The molecule has 0 saturated heterocycles. The Balaban J connectivity index is 1.97. The van der Waals surface area contributed by atoms with E-state index in [2.05, 4.69) is 6.92 Å². The van der Waals surface area contributed by atoms with Gasteiger partial charge in [-0.15, -0.1) is 0 Å². The zero-order valence-corrected chi connectivity index (χ0v) is 7.68. The first kappa shape index (κ1) is 7.64. The van der Waals surface area contributed by atoms with Gasteiger partial charge in [-0.2, -0.15) is 0 Å². The Hall–Kier alpha value is 0. The van der Waals surface area contributed by atoms with Crippen LogP contribution in [0, 0.1) is 17.8 Å². The standard InChI is InChI=1S/C11H20/c1-9-7-10-5-3-2-4-6-11(9)8-10/h9-11H,2-8H2,1H3/t9-,10?,11?/m1/s1. The maximum absolute atomic E-state index is 2.47. The van der Waals surface area contributed by atoms with Crippen molar-refractivity contribution in [1.82, 2.24) is 0 Å².